The molecule has 0 bridgehead atoms. The monoisotopic (exact) mass is 229 g/mol. The molecule has 1 unspecified atom stereocenters. The molecule has 0 aliphatic carbocycles. The second kappa shape index (κ2) is 5.81. The fraction of sp³-hybridized carbons (Fsp3) is 0.800. The summed E-state index contributed by atoms with van der Waals surface area (Å²) in [4.78, 5) is 26.2. The van der Waals surface area contributed by atoms with Gasteiger partial charge in [-0.3, -0.25) is 14.5 Å². The van der Waals surface area contributed by atoms with Gasteiger partial charge in [-0.05, 0) is 0 Å². The molecule has 1 heterocycles. The van der Waals surface area contributed by atoms with Crippen LogP contribution in [0, 0.1) is 0 Å². The topological polar surface area (TPSA) is 75.9 Å². The van der Waals surface area contributed by atoms with Gasteiger partial charge in [0.05, 0.1) is 6.61 Å². The molecule has 92 valence electrons. The van der Waals surface area contributed by atoms with Crippen molar-refractivity contribution in [1.82, 2.24) is 9.80 Å². The van der Waals surface area contributed by atoms with Gasteiger partial charge in [-0.1, -0.05) is 0 Å². The molecule has 1 rings (SSSR count). The van der Waals surface area contributed by atoms with Crippen molar-refractivity contribution in [3.8, 4) is 0 Å². The highest BCUT2D eigenvalue weighted by Crippen LogP contribution is 2.09. The normalized spacial score (nSPS) is 22.1. The van der Waals surface area contributed by atoms with Crippen LogP contribution in [0.3, 0.4) is 0 Å². The lowest BCUT2D eigenvalue weighted by molar-refractivity contribution is -0.141. The molecule has 1 fully saturated rings. The maximum Gasteiger partial charge on any atom is 0.241 e. The third-order valence-electron chi connectivity index (χ3n) is 2.81. The summed E-state index contributed by atoms with van der Waals surface area (Å²) in [6.07, 6.45) is 0. The molecule has 0 aromatic carbocycles. The standard InChI is InChI=1S/C10H19N3O3/c1-8(14)13-4-3-12(5-6-16-2)7-9(13)10(11)15/h9H,3-7H2,1-2H3,(H2,11,15). The largest absolute Gasteiger partial charge is 0.383 e. The average Bonchev–Trinajstić information content (AvgIpc) is 2.25. The van der Waals surface area contributed by atoms with Gasteiger partial charge < -0.3 is 15.4 Å². The summed E-state index contributed by atoms with van der Waals surface area (Å²) in [6.45, 7) is 4.63. The Bertz CT molecular complexity index is 270. The highest BCUT2D eigenvalue weighted by molar-refractivity contribution is 5.86. The number of ether oxygens (including phenoxy) is 1. The van der Waals surface area contributed by atoms with Crippen molar-refractivity contribution in [3.05, 3.63) is 0 Å². The van der Waals surface area contributed by atoms with E-state index in [1.165, 1.54) is 11.8 Å². The predicted molar refractivity (Wildman–Crippen MR) is 58.7 cm³/mol. The molecule has 2 N–H and O–H groups in total. The van der Waals surface area contributed by atoms with Crippen molar-refractivity contribution in [3.63, 3.8) is 0 Å². The minimum atomic E-state index is -0.511. The Morgan fingerprint density at radius 3 is 2.62 bits per heavy atom. The first-order chi connectivity index (χ1) is 7.56. The van der Waals surface area contributed by atoms with E-state index < -0.39 is 11.9 Å². The number of methoxy groups -OCH3 is 1. The third kappa shape index (κ3) is 3.18. The minimum absolute atomic E-state index is 0.102. The first-order valence-electron chi connectivity index (χ1n) is 5.34. The molecule has 1 atom stereocenters. The van der Waals surface area contributed by atoms with Crippen molar-refractivity contribution in [2.24, 2.45) is 5.73 Å². The lowest BCUT2D eigenvalue weighted by Crippen LogP contribution is -2.59. The maximum atomic E-state index is 11.3. The van der Waals surface area contributed by atoms with Gasteiger partial charge in [0.1, 0.15) is 6.04 Å². The predicted octanol–water partition coefficient (Wildman–Crippen LogP) is -1.35. The lowest BCUT2D eigenvalue weighted by atomic mass is 10.1. The van der Waals surface area contributed by atoms with E-state index >= 15 is 0 Å². The summed E-state index contributed by atoms with van der Waals surface area (Å²) in [5, 5.41) is 0. The van der Waals surface area contributed by atoms with E-state index in [4.69, 9.17) is 10.5 Å². The first kappa shape index (κ1) is 12.9. The van der Waals surface area contributed by atoms with Crippen molar-refractivity contribution < 1.29 is 14.3 Å². The van der Waals surface area contributed by atoms with Crippen LogP contribution in [-0.4, -0.2) is 67.6 Å². The van der Waals surface area contributed by atoms with Crippen LogP contribution < -0.4 is 5.73 Å². The van der Waals surface area contributed by atoms with E-state index in [1.54, 1.807) is 7.11 Å². The van der Waals surface area contributed by atoms with Gasteiger partial charge >= 0.3 is 0 Å². The summed E-state index contributed by atoms with van der Waals surface area (Å²) < 4.78 is 4.98. The minimum Gasteiger partial charge on any atom is -0.383 e. The van der Waals surface area contributed by atoms with Crippen molar-refractivity contribution in [2.45, 2.75) is 13.0 Å². The number of nitrogens with two attached hydrogens (primary N) is 1. The number of rotatable bonds is 4. The quantitative estimate of drug-likeness (QED) is 0.647. The maximum absolute atomic E-state index is 11.3. The van der Waals surface area contributed by atoms with E-state index in [0.29, 0.717) is 19.7 Å². The molecule has 1 saturated heterocycles. The van der Waals surface area contributed by atoms with Crippen LogP contribution in [0.1, 0.15) is 6.92 Å². The summed E-state index contributed by atoms with van der Waals surface area (Å²) >= 11 is 0. The zero-order valence-corrected chi connectivity index (χ0v) is 9.81. The van der Waals surface area contributed by atoms with Gasteiger partial charge in [0.25, 0.3) is 0 Å². The molecular formula is C10H19N3O3. The Balaban J connectivity index is 2.58. The number of hydrogen-bond donors (Lipinski definition) is 1. The molecule has 0 saturated carbocycles. The second-order valence-corrected chi connectivity index (χ2v) is 3.92. The second-order valence-electron chi connectivity index (χ2n) is 3.92. The average molecular weight is 229 g/mol. The van der Waals surface area contributed by atoms with Gasteiger partial charge in [0.2, 0.25) is 11.8 Å². The van der Waals surface area contributed by atoms with Gasteiger partial charge in [0, 0.05) is 40.2 Å². The van der Waals surface area contributed by atoms with Gasteiger partial charge in [-0.15, -0.1) is 0 Å². The van der Waals surface area contributed by atoms with Crippen molar-refractivity contribution in [1.29, 1.82) is 0 Å². The fourth-order valence-electron chi connectivity index (χ4n) is 1.88. The van der Waals surface area contributed by atoms with Gasteiger partial charge in [0.15, 0.2) is 0 Å². The summed E-state index contributed by atoms with van der Waals surface area (Å²) in [7, 11) is 1.64. The molecule has 1 aliphatic heterocycles. The Kier molecular flexibility index (Phi) is 4.70. The fourth-order valence-corrected chi connectivity index (χ4v) is 1.88. The Labute approximate surface area is 95.3 Å². The number of amides is 2. The highest BCUT2D eigenvalue weighted by atomic mass is 16.5. The number of piperazine rings is 1. The zero-order valence-electron chi connectivity index (χ0n) is 9.81. The van der Waals surface area contributed by atoms with Crippen LogP contribution in [-0.2, 0) is 14.3 Å². The highest BCUT2D eigenvalue weighted by Gasteiger charge is 2.32. The molecule has 0 aromatic rings. The molecule has 0 radical (unpaired) electrons. The molecule has 1 aliphatic rings. The molecule has 16 heavy (non-hydrogen) atoms. The summed E-state index contributed by atoms with van der Waals surface area (Å²) in [5.41, 5.74) is 5.30. The molecule has 0 spiro atoms. The number of carbonyl (C=O) groups excluding carboxylic acids is 2. The van der Waals surface area contributed by atoms with Crippen molar-refractivity contribution >= 4 is 11.8 Å². The molecule has 0 aromatic heterocycles. The Hall–Kier alpha value is -1.14. The van der Waals surface area contributed by atoms with Crippen molar-refractivity contribution in [2.75, 3.05) is 39.9 Å². The van der Waals surface area contributed by atoms with E-state index in [2.05, 4.69) is 4.90 Å². The van der Waals surface area contributed by atoms with Crippen LogP contribution >= 0.6 is 0 Å². The van der Waals surface area contributed by atoms with Crippen LogP contribution in [0.5, 0.6) is 0 Å². The molecular weight excluding hydrogens is 210 g/mol. The van der Waals surface area contributed by atoms with Gasteiger partial charge in [-0.2, -0.15) is 0 Å². The van der Waals surface area contributed by atoms with E-state index in [1.807, 2.05) is 0 Å². The van der Waals surface area contributed by atoms with E-state index in [0.717, 1.165) is 13.1 Å². The molecule has 6 heteroatoms. The van der Waals surface area contributed by atoms with E-state index in [9.17, 15) is 9.59 Å². The van der Waals surface area contributed by atoms with Gasteiger partial charge in [-0.25, -0.2) is 0 Å². The molecule has 6 nitrogen and oxygen atoms in total. The van der Waals surface area contributed by atoms with E-state index in [-0.39, 0.29) is 5.91 Å². The summed E-state index contributed by atoms with van der Waals surface area (Å²) in [6, 6.07) is -0.511. The number of nitrogens with zero attached hydrogens (tertiary/aromatic N) is 2. The Morgan fingerprint density at radius 2 is 2.12 bits per heavy atom. The van der Waals surface area contributed by atoms with Crippen LogP contribution in [0.15, 0.2) is 0 Å². The number of carbonyl (C=O) groups is 2. The van der Waals surface area contributed by atoms with Crippen LogP contribution in [0.25, 0.3) is 0 Å². The van der Waals surface area contributed by atoms with Crippen LogP contribution in [0.4, 0.5) is 0 Å². The number of hydrogen-bond acceptors (Lipinski definition) is 4. The zero-order chi connectivity index (χ0) is 12.1. The number of primary amides is 1. The third-order valence-corrected chi connectivity index (χ3v) is 2.81. The SMILES string of the molecule is COCCN1CCN(C(C)=O)C(C(N)=O)C1. The lowest BCUT2D eigenvalue weighted by Gasteiger charge is -2.39. The smallest absolute Gasteiger partial charge is 0.241 e. The summed E-state index contributed by atoms with van der Waals surface area (Å²) in [5.74, 6) is -0.549. The Morgan fingerprint density at radius 1 is 1.44 bits per heavy atom. The van der Waals surface area contributed by atoms with Crippen LogP contribution in [0.2, 0.25) is 0 Å². The molecule has 2 amide bonds. The first-order valence-corrected chi connectivity index (χ1v) is 5.34.